The van der Waals surface area contributed by atoms with E-state index in [-0.39, 0.29) is 5.91 Å². The Balaban J connectivity index is 1.52. The van der Waals surface area contributed by atoms with Gasteiger partial charge in [0, 0.05) is 11.3 Å². The van der Waals surface area contributed by atoms with Gasteiger partial charge in [-0.3, -0.25) is 9.48 Å². The number of nitriles is 1. The molecule has 1 aromatic heterocycles. The number of aromatic nitrogens is 2. The van der Waals surface area contributed by atoms with Gasteiger partial charge < -0.3 is 5.32 Å². The predicted octanol–water partition coefficient (Wildman–Crippen LogP) is 3.68. The van der Waals surface area contributed by atoms with Crippen molar-refractivity contribution in [3.8, 4) is 6.07 Å². The third-order valence-electron chi connectivity index (χ3n) is 5.63. The molecule has 0 radical (unpaired) electrons. The van der Waals surface area contributed by atoms with Crippen LogP contribution in [-0.2, 0) is 19.4 Å². The summed E-state index contributed by atoms with van der Waals surface area (Å²) in [6, 6.07) is 9.43. The molecule has 0 bridgehead atoms. The van der Waals surface area contributed by atoms with Crippen LogP contribution in [0.25, 0.3) is 0 Å². The van der Waals surface area contributed by atoms with Crippen LogP contribution in [0.4, 0.5) is 0 Å². The maximum Gasteiger partial charge on any atom is 0.251 e. The summed E-state index contributed by atoms with van der Waals surface area (Å²) in [4.78, 5) is 12.5. The fraction of sp³-hybridized carbons (Fsp3) is 0.476. The number of rotatable bonds is 4. The number of nitrogens with zero attached hydrogens (tertiary/aromatic N) is 3. The summed E-state index contributed by atoms with van der Waals surface area (Å²) in [5.74, 6) is -0.151. The van der Waals surface area contributed by atoms with E-state index in [0.29, 0.717) is 23.7 Å². The van der Waals surface area contributed by atoms with E-state index in [9.17, 15) is 4.79 Å². The van der Waals surface area contributed by atoms with E-state index in [1.165, 1.54) is 49.8 Å². The van der Waals surface area contributed by atoms with Gasteiger partial charge in [0.2, 0.25) is 0 Å². The molecule has 0 unspecified atom stereocenters. The number of fused-ring (bicyclic) bond motifs is 1. The summed E-state index contributed by atoms with van der Waals surface area (Å²) in [6.07, 6.45) is 9.64. The molecule has 2 aliphatic rings. The minimum atomic E-state index is -0.151. The van der Waals surface area contributed by atoms with E-state index in [1.807, 2.05) is 0 Å². The topological polar surface area (TPSA) is 70.7 Å². The third kappa shape index (κ3) is 3.24. The first-order valence-electron chi connectivity index (χ1n) is 9.64. The van der Waals surface area contributed by atoms with Crippen molar-refractivity contribution in [1.82, 2.24) is 15.1 Å². The highest BCUT2D eigenvalue weighted by Gasteiger charge is 2.26. The molecule has 1 aromatic carbocycles. The molecule has 0 atom stereocenters. The number of amides is 1. The molecule has 1 amide bonds. The monoisotopic (exact) mass is 348 g/mol. The lowest BCUT2D eigenvalue weighted by Crippen LogP contribution is -2.24. The molecule has 0 saturated heterocycles. The van der Waals surface area contributed by atoms with Crippen LogP contribution in [0, 0.1) is 11.3 Å². The molecule has 5 nitrogen and oxygen atoms in total. The second kappa shape index (κ2) is 7.33. The van der Waals surface area contributed by atoms with Crippen LogP contribution in [-0.4, -0.2) is 15.7 Å². The molecule has 0 spiro atoms. The van der Waals surface area contributed by atoms with E-state index in [1.54, 1.807) is 24.3 Å². The second-order valence-corrected chi connectivity index (χ2v) is 7.34. The fourth-order valence-corrected chi connectivity index (χ4v) is 4.29. The molecule has 0 aliphatic heterocycles. The maximum absolute atomic E-state index is 12.5. The molecule has 1 N–H and O–H groups in total. The summed E-state index contributed by atoms with van der Waals surface area (Å²) in [5.41, 5.74) is 4.80. The Morgan fingerprint density at radius 2 is 2.04 bits per heavy atom. The van der Waals surface area contributed by atoms with Gasteiger partial charge in [-0.1, -0.05) is 18.9 Å². The highest BCUT2D eigenvalue weighted by Crippen LogP contribution is 2.34. The number of nitrogens with one attached hydrogen (secondary N) is 1. The summed E-state index contributed by atoms with van der Waals surface area (Å²) in [7, 11) is 0. The van der Waals surface area contributed by atoms with Gasteiger partial charge in [0.15, 0.2) is 0 Å². The maximum atomic E-state index is 12.5. The molecule has 1 fully saturated rings. The Morgan fingerprint density at radius 3 is 2.85 bits per heavy atom. The average molecular weight is 348 g/mol. The minimum absolute atomic E-state index is 0.151. The molecular formula is C21H24N4O. The molecule has 5 heteroatoms. The van der Waals surface area contributed by atoms with Crippen molar-refractivity contribution >= 4 is 5.91 Å². The summed E-state index contributed by atoms with van der Waals surface area (Å²) in [6.45, 7) is 0.456. The first-order valence-corrected chi connectivity index (χ1v) is 9.64. The van der Waals surface area contributed by atoms with E-state index >= 15 is 0 Å². The van der Waals surface area contributed by atoms with Crippen molar-refractivity contribution in [3.05, 3.63) is 52.3 Å². The Morgan fingerprint density at radius 1 is 1.23 bits per heavy atom. The van der Waals surface area contributed by atoms with Crippen LogP contribution in [0.15, 0.2) is 24.3 Å². The van der Waals surface area contributed by atoms with Crippen LogP contribution in [0.3, 0.4) is 0 Å². The molecule has 26 heavy (non-hydrogen) atoms. The molecule has 2 aliphatic carbocycles. The summed E-state index contributed by atoms with van der Waals surface area (Å²) in [5, 5.41) is 16.9. The normalized spacial score (nSPS) is 16.9. The number of benzene rings is 1. The van der Waals surface area contributed by atoms with Gasteiger partial charge in [-0.25, -0.2) is 0 Å². The van der Waals surface area contributed by atoms with Crippen LogP contribution < -0.4 is 5.32 Å². The predicted molar refractivity (Wildman–Crippen MR) is 98.7 cm³/mol. The largest absolute Gasteiger partial charge is 0.346 e. The summed E-state index contributed by atoms with van der Waals surface area (Å²) < 4.78 is 2.28. The van der Waals surface area contributed by atoms with Crippen molar-refractivity contribution in [2.45, 2.75) is 64.0 Å². The van der Waals surface area contributed by atoms with Gasteiger partial charge in [-0.15, -0.1) is 0 Å². The smallest absolute Gasteiger partial charge is 0.251 e. The fourth-order valence-electron chi connectivity index (χ4n) is 4.29. The second-order valence-electron chi connectivity index (χ2n) is 7.34. The van der Waals surface area contributed by atoms with Gasteiger partial charge in [-0.05, 0) is 62.3 Å². The van der Waals surface area contributed by atoms with Crippen LogP contribution in [0.2, 0.25) is 0 Å². The lowest BCUT2D eigenvalue weighted by atomic mass is 9.95. The number of hydrogen-bond acceptors (Lipinski definition) is 3. The molecule has 2 aromatic rings. The van der Waals surface area contributed by atoms with Gasteiger partial charge in [0.25, 0.3) is 5.91 Å². The molecular weight excluding hydrogens is 324 g/mol. The van der Waals surface area contributed by atoms with Crippen molar-refractivity contribution in [2.24, 2.45) is 0 Å². The molecule has 134 valence electrons. The van der Waals surface area contributed by atoms with Crippen LogP contribution in [0.1, 0.15) is 77.4 Å². The Kier molecular flexibility index (Phi) is 4.75. The Bertz CT molecular complexity index is 855. The zero-order valence-electron chi connectivity index (χ0n) is 15.0. The standard InChI is InChI=1S/C21H24N4O/c22-13-15-6-5-7-16(12-15)21(26)23-14-19-18-10-3-4-11-20(18)25(24-19)17-8-1-2-9-17/h5-7,12,17H,1-4,8-11,14H2,(H,23,26). The van der Waals surface area contributed by atoms with Crippen LogP contribution >= 0.6 is 0 Å². The van der Waals surface area contributed by atoms with E-state index in [0.717, 1.165) is 18.5 Å². The van der Waals surface area contributed by atoms with E-state index in [2.05, 4.69) is 16.1 Å². The molecule has 1 saturated carbocycles. The van der Waals surface area contributed by atoms with Crippen LogP contribution in [0.5, 0.6) is 0 Å². The zero-order chi connectivity index (χ0) is 17.9. The van der Waals surface area contributed by atoms with E-state index < -0.39 is 0 Å². The van der Waals surface area contributed by atoms with E-state index in [4.69, 9.17) is 10.4 Å². The highest BCUT2D eigenvalue weighted by molar-refractivity contribution is 5.94. The first-order chi connectivity index (χ1) is 12.8. The summed E-state index contributed by atoms with van der Waals surface area (Å²) >= 11 is 0. The Labute approximate surface area is 154 Å². The van der Waals surface area contributed by atoms with Crippen molar-refractivity contribution in [3.63, 3.8) is 0 Å². The van der Waals surface area contributed by atoms with Gasteiger partial charge in [0.05, 0.1) is 29.9 Å². The number of carbonyl (C=O) groups excluding carboxylic acids is 1. The first kappa shape index (κ1) is 16.8. The van der Waals surface area contributed by atoms with Crippen molar-refractivity contribution in [1.29, 1.82) is 5.26 Å². The molecule has 4 rings (SSSR count). The lowest BCUT2D eigenvalue weighted by molar-refractivity contribution is 0.0950. The number of carbonyl (C=O) groups is 1. The SMILES string of the molecule is N#Cc1cccc(C(=O)NCc2nn(C3CCCC3)c3c2CCCC3)c1. The molecule has 1 heterocycles. The highest BCUT2D eigenvalue weighted by atomic mass is 16.1. The Hall–Kier alpha value is -2.61. The van der Waals surface area contributed by atoms with Gasteiger partial charge in [-0.2, -0.15) is 10.4 Å². The lowest BCUT2D eigenvalue weighted by Gasteiger charge is -2.18. The third-order valence-corrected chi connectivity index (χ3v) is 5.63. The zero-order valence-corrected chi connectivity index (χ0v) is 15.0. The number of hydrogen-bond donors (Lipinski definition) is 1. The average Bonchev–Trinajstić information content (AvgIpc) is 3.34. The van der Waals surface area contributed by atoms with Crippen molar-refractivity contribution < 1.29 is 4.79 Å². The van der Waals surface area contributed by atoms with Gasteiger partial charge in [0.1, 0.15) is 0 Å². The quantitative estimate of drug-likeness (QED) is 0.916. The van der Waals surface area contributed by atoms with Crippen molar-refractivity contribution in [2.75, 3.05) is 0 Å². The van der Waals surface area contributed by atoms with Gasteiger partial charge >= 0.3 is 0 Å². The minimum Gasteiger partial charge on any atom is -0.346 e.